The molecule has 0 saturated heterocycles. The van der Waals surface area contributed by atoms with E-state index in [2.05, 4.69) is 25.2 Å². The highest BCUT2D eigenvalue weighted by molar-refractivity contribution is 5.90. The lowest BCUT2D eigenvalue weighted by molar-refractivity contribution is -0.114. The second kappa shape index (κ2) is 8.28. The van der Waals surface area contributed by atoms with Gasteiger partial charge in [-0.3, -0.25) is 14.7 Å². The lowest BCUT2D eigenvalue weighted by Crippen LogP contribution is -2.25. The average Bonchev–Trinajstić information content (AvgIpc) is 2.42. The van der Waals surface area contributed by atoms with Crippen LogP contribution < -0.4 is 10.4 Å². The Morgan fingerprint density at radius 1 is 1.48 bits per heavy atom. The quantitative estimate of drug-likeness (QED) is 0.617. The molecule has 0 heterocycles. The number of hydrogen-bond acceptors (Lipinski definition) is 4. The van der Waals surface area contributed by atoms with Crippen molar-refractivity contribution in [3.8, 4) is 6.07 Å². The molecule has 0 unspecified atom stereocenters. The molecule has 0 spiro atoms. The summed E-state index contributed by atoms with van der Waals surface area (Å²) in [4.78, 5) is 17.0. The van der Waals surface area contributed by atoms with Crippen LogP contribution in [0.2, 0.25) is 0 Å². The molecule has 1 rings (SSSR count). The summed E-state index contributed by atoms with van der Waals surface area (Å²) < 4.78 is 0. The monoisotopic (exact) mass is 289 g/mol. The number of nitriles is 1. The molecule has 5 heteroatoms. The van der Waals surface area contributed by atoms with Crippen LogP contribution in [0.4, 0.5) is 11.4 Å². The molecule has 0 saturated carbocycles. The molecular formula is C16H23N3O2. The Hall–Kier alpha value is -2.06. The van der Waals surface area contributed by atoms with E-state index in [-0.39, 0.29) is 11.8 Å². The summed E-state index contributed by atoms with van der Waals surface area (Å²) in [6.07, 6.45) is 0.346. The highest BCUT2D eigenvalue weighted by Gasteiger charge is 2.17. The van der Waals surface area contributed by atoms with Crippen molar-refractivity contribution in [3.05, 3.63) is 23.8 Å². The summed E-state index contributed by atoms with van der Waals surface area (Å²) in [5.41, 5.74) is 2.76. The molecule has 21 heavy (non-hydrogen) atoms. The maximum atomic E-state index is 11.4. The Labute approximate surface area is 126 Å². The van der Waals surface area contributed by atoms with E-state index in [4.69, 9.17) is 10.1 Å². The van der Waals surface area contributed by atoms with Crippen molar-refractivity contribution < 1.29 is 9.63 Å². The summed E-state index contributed by atoms with van der Waals surface area (Å²) in [7, 11) is 0. The number of nitrogens with zero attached hydrogens (tertiary/aromatic N) is 2. The topological polar surface area (TPSA) is 65.4 Å². The number of carbonyl (C=O) groups excluding carboxylic acids is 1. The van der Waals surface area contributed by atoms with Crippen molar-refractivity contribution in [2.45, 2.75) is 40.0 Å². The lowest BCUT2D eigenvalue weighted by atomic mass is 9.98. The smallest absolute Gasteiger partial charge is 0.221 e. The highest BCUT2D eigenvalue weighted by Crippen LogP contribution is 2.34. The summed E-state index contributed by atoms with van der Waals surface area (Å²) in [5.74, 6) is 0.138. The van der Waals surface area contributed by atoms with Gasteiger partial charge in [0.15, 0.2) is 0 Å². The van der Waals surface area contributed by atoms with E-state index in [9.17, 15) is 4.79 Å². The summed E-state index contributed by atoms with van der Waals surface area (Å²) >= 11 is 0. The standard InChI is InChI=1S/C16H23N3O2/c1-5-19(21-11-7-10-17)15-9-6-8-14(18-13(4)20)16(15)12(2)3/h6,8-9,12H,5,7,11H2,1-4H3,(H,18,20). The number of carbonyl (C=O) groups is 1. The van der Waals surface area contributed by atoms with Gasteiger partial charge in [-0.1, -0.05) is 19.9 Å². The van der Waals surface area contributed by atoms with Crippen LogP contribution in [-0.4, -0.2) is 19.1 Å². The van der Waals surface area contributed by atoms with Crippen LogP contribution in [-0.2, 0) is 9.63 Å². The Kier molecular flexibility index (Phi) is 6.70. The molecule has 0 bridgehead atoms. The van der Waals surface area contributed by atoms with E-state index in [1.165, 1.54) is 6.92 Å². The number of amides is 1. The van der Waals surface area contributed by atoms with E-state index < -0.39 is 0 Å². The first-order valence-electron chi connectivity index (χ1n) is 7.19. The molecule has 1 aromatic carbocycles. The van der Waals surface area contributed by atoms with Gasteiger partial charge in [0.1, 0.15) is 0 Å². The fourth-order valence-corrected chi connectivity index (χ4v) is 2.21. The minimum atomic E-state index is -0.0949. The van der Waals surface area contributed by atoms with E-state index in [0.29, 0.717) is 19.6 Å². The molecule has 5 nitrogen and oxygen atoms in total. The first-order valence-corrected chi connectivity index (χ1v) is 7.19. The van der Waals surface area contributed by atoms with Crippen molar-refractivity contribution in [2.75, 3.05) is 23.5 Å². The molecule has 0 aliphatic carbocycles. The number of hydroxylamine groups is 1. The van der Waals surface area contributed by atoms with Gasteiger partial charge in [-0.15, -0.1) is 0 Å². The molecule has 0 aromatic heterocycles. The van der Waals surface area contributed by atoms with Gasteiger partial charge in [-0.05, 0) is 25.0 Å². The van der Waals surface area contributed by atoms with Crippen molar-refractivity contribution in [1.29, 1.82) is 5.26 Å². The first-order chi connectivity index (χ1) is 10.0. The largest absolute Gasteiger partial charge is 0.326 e. The Bertz CT molecular complexity index is 521. The Morgan fingerprint density at radius 3 is 2.71 bits per heavy atom. The van der Waals surface area contributed by atoms with E-state index in [1.54, 1.807) is 5.06 Å². The highest BCUT2D eigenvalue weighted by atomic mass is 16.7. The third kappa shape index (κ3) is 4.76. The molecule has 114 valence electrons. The molecule has 0 fully saturated rings. The third-order valence-corrected chi connectivity index (χ3v) is 2.99. The summed E-state index contributed by atoms with van der Waals surface area (Å²) in [6, 6.07) is 7.82. The Balaban J connectivity index is 3.14. The van der Waals surface area contributed by atoms with Crippen LogP contribution in [0, 0.1) is 11.3 Å². The summed E-state index contributed by atoms with van der Waals surface area (Å²) in [6.45, 7) is 8.65. The first kappa shape index (κ1) is 17.0. The van der Waals surface area contributed by atoms with Crippen molar-refractivity contribution in [3.63, 3.8) is 0 Å². The second-order valence-electron chi connectivity index (χ2n) is 5.01. The van der Waals surface area contributed by atoms with Crippen LogP contribution in [0.3, 0.4) is 0 Å². The van der Waals surface area contributed by atoms with Crippen molar-refractivity contribution >= 4 is 17.3 Å². The number of benzene rings is 1. The molecule has 0 aliphatic rings. The van der Waals surface area contributed by atoms with Crippen LogP contribution in [0.25, 0.3) is 0 Å². The van der Waals surface area contributed by atoms with Gasteiger partial charge < -0.3 is 5.32 Å². The van der Waals surface area contributed by atoms with Gasteiger partial charge in [-0.25, -0.2) is 0 Å². The van der Waals surface area contributed by atoms with E-state index in [1.807, 2.05) is 25.1 Å². The number of hydrogen-bond donors (Lipinski definition) is 1. The van der Waals surface area contributed by atoms with Crippen LogP contribution in [0.1, 0.15) is 45.6 Å². The van der Waals surface area contributed by atoms with Gasteiger partial charge >= 0.3 is 0 Å². The SMILES string of the molecule is CCN(OCCC#N)c1cccc(NC(C)=O)c1C(C)C. The van der Waals surface area contributed by atoms with Crippen LogP contribution >= 0.6 is 0 Å². The number of anilines is 2. The lowest BCUT2D eigenvalue weighted by Gasteiger charge is -2.27. The predicted octanol–water partition coefficient (Wildman–Crippen LogP) is 3.44. The van der Waals surface area contributed by atoms with Gasteiger partial charge in [0.2, 0.25) is 5.91 Å². The molecule has 1 aromatic rings. The van der Waals surface area contributed by atoms with Gasteiger partial charge in [0, 0.05) is 24.7 Å². The zero-order chi connectivity index (χ0) is 15.8. The molecule has 0 aliphatic heterocycles. The normalized spacial score (nSPS) is 10.3. The predicted molar refractivity (Wildman–Crippen MR) is 84.0 cm³/mol. The van der Waals surface area contributed by atoms with Gasteiger partial charge in [0.05, 0.1) is 24.8 Å². The van der Waals surface area contributed by atoms with Crippen LogP contribution in [0.15, 0.2) is 18.2 Å². The molecule has 1 N–H and O–H groups in total. The number of rotatable bonds is 7. The molecular weight excluding hydrogens is 266 g/mol. The Morgan fingerprint density at radius 2 is 2.19 bits per heavy atom. The van der Waals surface area contributed by atoms with Gasteiger partial charge in [-0.2, -0.15) is 5.26 Å². The fourth-order valence-electron chi connectivity index (χ4n) is 2.21. The van der Waals surface area contributed by atoms with Crippen molar-refractivity contribution in [1.82, 2.24) is 0 Å². The maximum Gasteiger partial charge on any atom is 0.221 e. The zero-order valence-electron chi connectivity index (χ0n) is 13.1. The minimum absolute atomic E-state index is 0.0949. The maximum absolute atomic E-state index is 11.4. The van der Waals surface area contributed by atoms with E-state index >= 15 is 0 Å². The van der Waals surface area contributed by atoms with Crippen molar-refractivity contribution in [2.24, 2.45) is 0 Å². The van der Waals surface area contributed by atoms with Crippen LogP contribution in [0.5, 0.6) is 0 Å². The summed E-state index contributed by atoms with van der Waals surface area (Å²) in [5, 5.41) is 13.3. The number of nitrogens with one attached hydrogen (secondary N) is 1. The average molecular weight is 289 g/mol. The van der Waals surface area contributed by atoms with Gasteiger partial charge in [0.25, 0.3) is 0 Å². The molecule has 1 amide bonds. The minimum Gasteiger partial charge on any atom is -0.326 e. The van der Waals surface area contributed by atoms with E-state index in [0.717, 1.165) is 16.9 Å². The zero-order valence-corrected chi connectivity index (χ0v) is 13.1. The molecule has 0 atom stereocenters. The fraction of sp³-hybridized carbons (Fsp3) is 0.500. The second-order valence-corrected chi connectivity index (χ2v) is 5.01. The third-order valence-electron chi connectivity index (χ3n) is 2.99. The molecule has 0 radical (unpaired) electrons.